The van der Waals surface area contributed by atoms with Gasteiger partial charge in [0.1, 0.15) is 0 Å². The number of benzene rings is 2. The molecule has 4 rings (SSSR count). The average Bonchev–Trinajstić information content (AvgIpc) is 2.98. The Morgan fingerprint density at radius 1 is 0.960 bits per heavy atom. The van der Waals surface area contributed by atoms with Crippen molar-refractivity contribution in [2.24, 2.45) is 0 Å². The highest BCUT2D eigenvalue weighted by atomic mass is 16.3. The minimum atomic E-state index is -0.586. The van der Waals surface area contributed by atoms with E-state index in [-0.39, 0.29) is 11.9 Å². The van der Waals surface area contributed by atoms with Crippen molar-refractivity contribution in [2.75, 3.05) is 0 Å². The van der Waals surface area contributed by atoms with E-state index in [1.165, 1.54) is 0 Å². The van der Waals surface area contributed by atoms with Crippen LogP contribution in [-0.4, -0.2) is 22.1 Å². The molecule has 0 aliphatic heterocycles. The molecule has 2 aromatic carbocycles. The fraction of sp³-hybridized carbons (Fsp3) is 0.143. The van der Waals surface area contributed by atoms with Crippen LogP contribution in [0.2, 0.25) is 0 Å². The van der Waals surface area contributed by atoms with Crippen LogP contribution in [0.5, 0.6) is 0 Å². The van der Waals surface area contributed by atoms with E-state index in [0.29, 0.717) is 12.0 Å². The molecular formula is C21H18N2O2. The Morgan fingerprint density at radius 2 is 1.64 bits per heavy atom. The molecule has 0 fully saturated rings. The van der Waals surface area contributed by atoms with E-state index in [9.17, 15) is 9.90 Å². The van der Waals surface area contributed by atoms with Crippen LogP contribution in [0.25, 0.3) is 11.1 Å². The quantitative estimate of drug-likeness (QED) is 0.775. The maximum absolute atomic E-state index is 12.6. The number of hydrogen-bond acceptors (Lipinski definition) is 3. The molecule has 4 heteroatoms. The standard InChI is InChI=1S/C21H18N2O2/c24-19-13-17-3-1-2-4-18(17)20(19)23-21(25)16-7-5-14(6-8-16)15-9-11-22-12-10-15/h1-12,19-20,24H,13H2,(H,23,25)/t19-,20+/m1/s1. The molecule has 124 valence electrons. The van der Waals surface area contributed by atoms with Crippen LogP contribution in [-0.2, 0) is 6.42 Å². The maximum Gasteiger partial charge on any atom is 0.251 e. The summed E-state index contributed by atoms with van der Waals surface area (Å²) in [4.78, 5) is 16.6. The minimum absolute atomic E-state index is 0.179. The summed E-state index contributed by atoms with van der Waals surface area (Å²) in [6.45, 7) is 0. The number of rotatable bonds is 3. The fourth-order valence-corrected chi connectivity index (χ4v) is 3.33. The van der Waals surface area contributed by atoms with Gasteiger partial charge in [-0.05, 0) is 46.5 Å². The number of aromatic nitrogens is 1. The molecule has 25 heavy (non-hydrogen) atoms. The molecule has 1 amide bonds. The average molecular weight is 330 g/mol. The fourth-order valence-electron chi connectivity index (χ4n) is 3.33. The van der Waals surface area contributed by atoms with Crippen molar-refractivity contribution in [2.45, 2.75) is 18.6 Å². The summed E-state index contributed by atoms with van der Waals surface area (Å²) < 4.78 is 0. The van der Waals surface area contributed by atoms with Crippen LogP contribution < -0.4 is 5.32 Å². The van der Waals surface area contributed by atoms with Crippen LogP contribution in [0, 0.1) is 0 Å². The second kappa shape index (κ2) is 6.49. The van der Waals surface area contributed by atoms with Crippen LogP contribution in [0.4, 0.5) is 0 Å². The molecule has 1 aliphatic rings. The van der Waals surface area contributed by atoms with E-state index in [0.717, 1.165) is 22.3 Å². The lowest BCUT2D eigenvalue weighted by Crippen LogP contribution is -2.33. The second-order valence-electron chi connectivity index (χ2n) is 6.23. The number of fused-ring (bicyclic) bond motifs is 1. The molecule has 2 atom stereocenters. The van der Waals surface area contributed by atoms with Gasteiger partial charge in [-0.1, -0.05) is 36.4 Å². The van der Waals surface area contributed by atoms with Crippen LogP contribution in [0.3, 0.4) is 0 Å². The number of nitrogens with zero attached hydrogens (tertiary/aromatic N) is 1. The maximum atomic E-state index is 12.6. The van der Waals surface area contributed by atoms with Crippen molar-refractivity contribution in [1.82, 2.24) is 10.3 Å². The SMILES string of the molecule is O=C(N[C@H]1c2ccccc2C[C@H]1O)c1ccc(-c2ccncc2)cc1. The van der Waals surface area contributed by atoms with Gasteiger partial charge in [0, 0.05) is 24.4 Å². The predicted molar refractivity (Wildman–Crippen MR) is 96.0 cm³/mol. The van der Waals surface area contributed by atoms with Gasteiger partial charge in [0.05, 0.1) is 12.1 Å². The summed E-state index contributed by atoms with van der Waals surface area (Å²) in [5, 5.41) is 13.2. The molecule has 0 unspecified atom stereocenters. The van der Waals surface area contributed by atoms with E-state index in [2.05, 4.69) is 10.3 Å². The lowest BCUT2D eigenvalue weighted by molar-refractivity contribution is 0.0858. The van der Waals surface area contributed by atoms with Crippen LogP contribution in [0.1, 0.15) is 27.5 Å². The first-order valence-corrected chi connectivity index (χ1v) is 8.29. The molecule has 1 aliphatic carbocycles. The third-order valence-electron chi connectivity index (χ3n) is 4.65. The molecule has 0 saturated heterocycles. The number of hydrogen-bond donors (Lipinski definition) is 2. The molecule has 1 aromatic heterocycles. The Balaban J connectivity index is 1.52. The Morgan fingerprint density at radius 3 is 2.40 bits per heavy atom. The van der Waals surface area contributed by atoms with Gasteiger partial charge in [-0.2, -0.15) is 0 Å². The molecular weight excluding hydrogens is 312 g/mol. The third-order valence-corrected chi connectivity index (χ3v) is 4.65. The van der Waals surface area contributed by atoms with Crippen molar-refractivity contribution in [3.8, 4) is 11.1 Å². The monoisotopic (exact) mass is 330 g/mol. The summed E-state index contributed by atoms with van der Waals surface area (Å²) >= 11 is 0. The number of pyridine rings is 1. The lowest BCUT2D eigenvalue weighted by Gasteiger charge is -2.18. The highest BCUT2D eigenvalue weighted by molar-refractivity contribution is 5.95. The largest absolute Gasteiger partial charge is 0.390 e. The highest BCUT2D eigenvalue weighted by Crippen LogP contribution is 2.31. The summed E-state index contributed by atoms with van der Waals surface area (Å²) in [6, 6.07) is 18.8. The van der Waals surface area contributed by atoms with Crippen molar-refractivity contribution >= 4 is 5.91 Å². The minimum Gasteiger partial charge on any atom is -0.390 e. The van der Waals surface area contributed by atoms with Crippen molar-refractivity contribution < 1.29 is 9.90 Å². The second-order valence-corrected chi connectivity index (χ2v) is 6.23. The molecule has 0 spiro atoms. The zero-order valence-electron chi connectivity index (χ0n) is 13.6. The lowest BCUT2D eigenvalue weighted by atomic mass is 10.0. The summed E-state index contributed by atoms with van der Waals surface area (Å²) in [7, 11) is 0. The van der Waals surface area contributed by atoms with Crippen LogP contribution in [0.15, 0.2) is 73.1 Å². The number of carbonyl (C=O) groups excluding carboxylic acids is 1. The summed E-state index contributed by atoms with van der Waals surface area (Å²) in [5.41, 5.74) is 4.76. The van der Waals surface area contributed by atoms with Crippen molar-refractivity contribution in [3.05, 3.63) is 89.7 Å². The Labute approximate surface area is 146 Å². The normalized spacial score (nSPS) is 18.6. The number of carbonyl (C=O) groups is 1. The molecule has 1 heterocycles. The number of aliphatic hydroxyl groups is 1. The van der Waals surface area contributed by atoms with Gasteiger partial charge in [0.2, 0.25) is 0 Å². The van der Waals surface area contributed by atoms with E-state index in [1.807, 2.05) is 48.5 Å². The molecule has 2 N–H and O–H groups in total. The van der Waals surface area contributed by atoms with Crippen molar-refractivity contribution in [1.29, 1.82) is 0 Å². The van der Waals surface area contributed by atoms with Gasteiger partial charge in [0.25, 0.3) is 5.91 Å². The highest BCUT2D eigenvalue weighted by Gasteiger charge is 2.31. The third kappa shape index (κ3) is 3.04. The first kappa shape index (κ1) is 15.5. The Kier molecular flexibility index (Phi) is 4.04. The zero-order valence-corrected chi connectivity index (χ0v) is 13.6. The zero-order chi connectivity index (χ0) is 17.2. The molecule has 0 bridgehead atoms. The molecule has 3 aromatic rings. The van der Waals surface area contributed by atoms with E-state index in [1.54, 1.807) is 24.5 Å². The predicted octanol–water partition coefficient (Wildman–Crippen LogP) is 3.14. The van der Waals surface area contributed by atoms with Gasteiger partial charge < -0.3 is 10.4 Å². The van der Waals surface area contributed by atoms with Gasteiger partial charge in [0.15, 0.2) is 0 Å². The number of nitrogens with one attached hydrogen (secondary N) is 1. The Hall–Kier alpha value is -2.98. The topological polar surface area (TPSA) is 62.2 Å². The number of amides is 1. The van der Waals surface area contributed by atoms with Gasteiger partial charge >= 0.3 is 0 Å². The molecule has 4 nitrogen and oxygen atoms in total. The molecule has 0 saturated carbocycles. The van der Waals surface area contributed by atoms with E-state index < -0.39 is 6.10 Å². The summed E-state index contributed by atoms with van der Waals surface area (Å²) in [5.74, 6) is -0.179. The smallest absolute Gasteiger partial charge is 0.251 e. The number of aliphatic hydroxyl groups excluding tert-OH is 1. The van der Waals surface area contributed by atoms with Gasteiger partial charge in [-0.3, -0.25) is 9.78 Å². The molecule has 0 radical (unpaired) electrons. The van der Waals surface area contributed by atoms with Gasteiger partial charge in [-0.25, -0.2) is 0 Å². The van der Waals surface area contributed by atoms with E-state index >= 15 is 0 Å². The van der Waals surface area contributed by atoms with Gasteiger partial charge in [-0.15, -0.1) is 0 Å². The van der Waals surface area contributed by atoms with E-state index in [4.69, 9.17) is 0 Å². The Bertz CT molecular complexity index is 891. The first-order chi connectivity index (χ1) is 12.2. The van der Waals surface area contributed by atoms with Crippen LogP contribution >= 0.6 is 0 Å². The first-order valence-electron chi connectivity index (χ1n) is 8.29. The van der Waals surface area contributed by atoms with Crippen molar-refractivity contribution in [3.63, 3.8) is 0 Å². The summed E-state index contributed by atoms with van der Waals surface area (Å²) in [6.07, 6.45) is 3.48.